The van der Waals surface area contributed by atoms with E-state index in [-0.39, 0.29) is 11.9 Å². The Morgan fingerprint density at radius 2 is 1.86 bits per heavy atom. The number of rotatable bonds is 6. The number of pyridine rings is 2. The molecule has 1 aromatic carbocycles. The Bertz CT molecular complexity index is 1530. The number of carbonyl (C=O) groups is 1. The van der Waals surface area contributed by atoms with Crippen molar-refractivity contribution in [1.29, 1.82) is 0 Å². The second-order valence-corrected chi connectivity index (χ2v) is 8.65. The number of aryl methyl sites for hydroxylation is 3. The summed E-state index contributed by atoms with van der Waals surface area (Å²) >= 11 is 0. The van der Waals surface area contributed by atoms with Gasteiger partial charge in [-0.3, -0.25) is 19.4 Å². The maximum atomic E-state index is 12.7. The first kappa shape index (κ1) is 22.3. The van der Waals surface area contributed by atoms with Crippen LogP contribution < -0.4 is 10.6 Å². The highest BCUT2D eigenvalue weighted by Crippen LogP contribution is 2.30. The van der Waals surface area contributed by atoms with Crippen LogP contribution in [0.5, 0.6) is 0 Å². The second kappa shape index (κ2) is 9.02. The fourth-order valence-electron chi connectivity index (χ4n) is 4.15. The van der Waals surface area contributed by atoms with Crippen molar-refractivity contribution in [2.75, 3.05) is 10.6 Å². The molecule has 0 aliphatic carbocycles. The number of aromatic nitrogens is 6. The van der Waals surface area contributed by atoms with Crippen molar-refractivity contribution >= 4 is 28.2 Å². The topological polar surface area (TPSA) is 103 Å². The molecule has 1 atom stereocenters. The highest BCUT2D eigenvalue weighted by atomic mass is 16.1. The number of hydrogen-bond donors (Lipinski definition) is 2. The molecule has 0 fully saturated rings. The number of amides is 1. The highest BCUT2D eigenvalue weighted by Gasteiger charge is 2.16. The Morgan fingerprint density at radius 1 is 1.03 bits per heavy atom. The molecule has 0 spiro atoms. The quantitative estimate of drug-likeness (QED) is 0.379. The van der Waals surface area contributed by atoms with E-state index in [4.69, 9.17) is 5.10 Å². The summed E-state index contributed by atoms with van der Waals surface area (Å²) in [5.74, 6) is -0.189. The molecule has 0 saturated heterocycles. The van der Waals surface area contributed by atoms with Crippen LogP contribution in [0.4, 0.5) is 11.4 Å². The standard InChI is InChI=1S/C26H26N8O/c1-16-8-20(11-27-10-16)26(35)31-21-7-5-6-19(9-21)17(2)30-23-13-28-14-24-25(23)18(3)32-34(24)22-12-29-33(4)15-22/h5-15,17,30H,1-4H3,(H,31,35)/t17-/m0/s1. The Balaban J connectivity index is 1.39. The van der Waals surface area contributed by atoms with Crippen LogP contribution in [-0.4, -0.2) is 35.4 Å². The zero-order valence-corrected chi connectivity index (χ0v) is 20.0. The Hall–Kier alpha value is -4.53. The average Bonchev–Trinajstić information content (AvgIpc) is 3.42. The van der Waals surface area contributed by atoms with Crippen LogP contribution in [0.3, 0.4) is 0 Å². The molecule has 176 valence electrons. The van der Waals surface area contributed by atoms with Gasteiger partial charge < -0.3 is 10.6 Å². The third kappa shape index (κ3) is 4.48. The van der Waals surface area contributed by atoms with Gasteiger partial charge in [0.15, 0.2) is 0 Å². The van der Waals surface area contributed by atoms with Gasteiger partial charge in [0.1, 0.15) is 5.69 Å². The van der Waals surface area contributed by atoms with E-state index >= 15 is 0 Å². The summed E-state index contributed by atoms with van der Waals surface area (Å²) in [6.07, 6.45) is 10.6. The molecular formula is C26H26N8O. The summed E-state index contributed by atoms with van der Waals surface area (Å²) in [5, 5.41) is 16.5. The molecule has 0 aliphatic rings. The zero-order valence-electron chi connectivity index (χ0n) is 20.0. The summed E-state index contributed by atoms with van der Waals surface area (Å²) in [5.41, 5.74) is 6.79. The highest BCUT2D eigenvalue weighted by molar-refractivity contribution is 6.04. The zero-order chi connectivity index (χ0) is 24.5. The normalized spacial score (nSPS) is 12.0. The van der Waals surface area contributed by atoms with Crippen molar-refractivity contribution in [1.82, 2.24) is 29.5 Å². The van der Waals surface area contributed by atoms with E-state index in [0.717, 1.165) is 44.8 Å². The van der Waals surface area contributed by atoms with Gasteiger partial charge in [0, 0.05) is 36.6 Å². The number of hydrogen-bond acceptors (Lipinski definition) is 6. The molecule has 0 unspecified atom stereocenters. The van der Waals surface area contributed by atoms with Crippen molar-refractivity contribution in [3.05, 3.63) is 89.9 Å². The van der Waals surface area contributed by atoms with Crippen molar-refractivity contribution < 1.29 is 4.79 Å². The fraction of sp³-hybridized carbons (Fsp3) is 0.192. The van der Waals surface area contributed by atoms with E-state index in [2.05, 4.69) is 32.6 Å². The predicted octanol–water partition coefficient (Wildman–Crippen LogP) is 4.59. The minimum Gasteiger partial charge on any atom is -0.377 e. The third-order valence-electron chi connectivity index (χ3n) is 5.86. The van der Waals surface area contributed by atoms with E-state index in [1.807, 2.05) is 74.5 Å². The van der Waals surface area contributed by atoms with Gasteiger partial charge in [-0.05, 0) is 50.1 Å². The first-order chi connectivity index (χ1) is 16.9. The molecule has 4 aromatic heterocycles. The molecule has 0 radical (unpaired) electrons. The molecule has 0 saturated carbocycles. The maximum absolute atomic E-state index is 12.7. The lowest BCUT2D eigenvalue weighted by Gasteiger charge is -2.17. The molecule has 35 heavy (non-hydrogen) atoms. The first-order valence-electron chi connectivity index (χ1n) is 11.3. The Kier molecular flexibility index (Phi) is 5.74. The van der Waals surface area contributed by atoms with Crippen LogP contribution in [0.15, 0.2) is 67.5 Å². The van der Waals surface area contributed by atoms with E-state index in [1.54, 1.807) is 23.3 Å². The van der Waals surface area contributed by atoms with Crippen molar-refractivity contribution in [3.63, 3.8) is 0 Å². The van der Waals surface area contributed by atoms with Crippen LogP contribution in [0, 0.1) is 13.8 Å². The van der Waals surface area contributed by atoms with Crippen LogP contribution in [0.25, 0.3) is 16.6 Å². The lowest BCUT2D eigenvalue weighted by Crippen LogP contribution is -2.13. The lowest BCUT2D eigenvalue weighted by atomic mass is 10.1. The number of fused-ring (bicyclic) bond motifs is 1. The second-order valence-electron chi connectivity index (χ2n) is 8.65. The van der Waals surface area contributed by atoms with E-state index in [9.17, 15) is 4.79 Å². The largest absolute Gasteiger partial charge is 0.377 e. The van der Waals surface area contributed by atoms with Gasteiger partial charge in [-0.1, -0.05) is 12.1 Å². The molecule has 0 bridgehead atoms. The lowest BCUT2D eigenvalue weighted by molar-refractivity contribution is 0.102. The molecule has 0 aliphatic heterocycles. The number of carbonyl (C=O) groups excluding carboxylic acids is 1. The average molecular weight is 467 g/mol. The smallest absolute Gasteiger partial charge is 0.257 e. The van der Waals surface area contributed by atoms with Gasteiger partial charge in [-0.15, -0.1) is 0 Å². The molecule has 2 N–H and O–H groups in total. The Labute approximate surface area is 202 Å². The van der Waals surface area contributed by atoms with Crippen molar-refractivity contribution in [2.45, 2.75) is 26.8 Å². The summed E-state index contributed by atoms with van der Waals surface area (Å²) in [7, 11) is 1.88. The van der Waals surface area contributed by atoms with Crippen LogP contribution in [0.1, 0.15) is 40.1 Å². The molecular weight excluding hydrogens is 440 g/mol. The third-order valence-corrected chi connectivity index (χ3v) is 5.86. The van der Waals surface area contributed by atoms with Crippen molar-refractivity contribution in [3.8, 4) is 5.69 Å². The molecule has 4 heterocycles. The molecule has 9 heteroatoms. The van der Waals surface area contributed by atoms with Crippen LogP contribution in [-0.2, 0) is 7.05 Å². The van der Waals surface area contributed by atoms with Gasteiger partial charge in [-0.2, -0.15) is 10.2 Å². The molecule has 5 aromatic rings. The first-order valence-corrected chi connectivity index (χ1v) is 11.3. The number of nitrogens with one attached hydrogen (secondary N) is 2. The monoisotopic (exact) mass is 466 g/mol. The molecule has 1 amide bonds. The molecule has 9 nitrogen and oxygen atoms in total. The van der Waals surface area contributed by atoms with E-state index in [1.165, 1.54) is 0 Å². The predicted molar refractivity (Wildman–Crippen MR) is 136 cm³/mol. The van der Waals surface area contributed by atoms with Gasteiger partial charge in [0.05, 0.1) is 47.2 Å². The van der Waals surface area contributed by atoms with Crippen molar-refractivity contribution in [2.24, 2.45) is 7.05 Å². The fourth-order valence-corrected chi connectivity index (χ4v) is 4.15. The number of anilines is 2. The van der Waals surface area contributed by atoms with Gasteiger partial charge >= 0.3 is 0 Å². The van der Waals surface area contributed by atoms with Crippen LogP contribution >= 0.6 is 0 Å². The maximum Gasteiger partial charge on any atom is 0.257 e. The Morgan fingerprint density at radius 3 is 2.63 bits per heavy atom. The SMILES string of the molecule is Cc1cncc(C(=O)Nc2cccc([C@H](C)Nc3cncc4c3c(C)nn4-c3cnn(C)c3)c2)c1. The van der Waals surface area contributed by atoms with E-state index < -0.39 is 0 Å². The summed E-state index contributed by atoms with van der Waals surface area (Å²) < 4.78 is 3.61. The van der Waals surface area contributed by atoms with Gasteiger partial charge in [-0.25, -0.2) is 4.68 Å². The minimum atomic E-state index is -0.189. The number of benzene rings is 1. The summed E-state index contributed by atoms with van der Waals surface area (Å²) in [6, 6.07) is 9.59. The number of nitrogens with zero attached hydrogens (tertiary/aromatic N) is 6. The molecule has 5 rings (SSSR count). The summed E-state index contributed by atoms with van der Waals surface area (Å²) in [4.78, 5) is 21.2. The summed E-state index contributed by atoms with van der Waals surface area (Å²) in [6.45, 7) is 5.97. The van der Waals surface area contributed by atoms with Crippen LogP contribution in [0.2, 0.25) is 0 Å². The van der Waals surface area contributed by atoms with Gasteiger partial charge in [0.25, 0.3) is 5.91 Å². The van der Waals surface area contributed by atoms with E-state index in [0.29, 0.717) is 5.56 Å². The minimum absolute atomic E-state index is 0.0407. The van der Waals surface area contributed by atoms with Gasteiger partial charge in [0.2, 0.25) is 0 Å².